The Hall–Kier alpha value is -1.64. The van der Waals surface area contributed by atoms with Crippen molar-refractivity contribution >= 4 is 11.9 Å². The number of hydrogen-bond donors (Lipinski definition) is 0. The summed E-state index contributed by atoms with van der Waals surface area (Å²) in [4.78, 5) is 21.5. The van der Waals surface area contributed by atoms with Crippen LogP contribution in [0.2, 0.25) is 0 Å². The summed E-state index contributed by atoms with van der Waals surface area (Å²) in [6, 6.07) is 0. The Kier molecular flexibility index (Phi) is 2.24. The van der Waals surface area contributed by atoms with Gasteiger partial charge in [-0.3, -0.25) is 4.79 Å². The first-order chi connectivity index (χ1) is 5.61. The second kappa shape index (κ2) is 3.17. The first-order valence-corrected chi connectivity index (χ1v) is 3.41. The number of hydrogen-bond acceptors (Lipinski definition) is 3. The molecule has 0 aromatic rings. The number of carbonyl (C=O) groups excluding carboxylic acids is 2. The maximum Gasteiger partial charge on any atom is 0.346 e. The van der Waals surface area contributed by atoms with Gasteiger partial charge < -0.3 is 4.74 Å². The van der Waals surface area contributed by atoms with Crippen molar-refractivity contribution < 1.29 is 14.3 Å². The van der Waals surface area contributed by atoms with Crippen molar-refractivity contribution in [2.24, 2.45) is 0 Å². The SMILES string of the molecule is C=C1C=CC=C1C(=O)OC(C)=O. The minimum absolute atomic E-state index is 0.338. The molecule has 62 valence electrons. The minimum atomic E-state index is -0.641. The van der Waals surface area contributed by atoms with Crippen LogP contribution in [0.25, 0.3) is 0 Å². The topological polar surface area (TPSA) is 43.4 Å². The molecular weight excluding hydrogens is 156 g/mol. The van der Waals surface area contributed by atoms with Gasteiger partial charge in [-0.05, 0) is 11.6 Å². The number of ether oxygens (including phenoxy) is 1. The molecule has 3 heteroatoms. The van der Waals surface area contributed by atoms with E-state index in [4.69, 9.17) is 0 Å². The summed E-state index contributed by atoms with van der Waals surface area (Å²) in [5.74, 6) is -1.25. The van der Waals surface area contributed by atoms with Crippen molar-refractivity contribution in [2.75, 3.05) is 0 Å². The van der Waals surface area contributed by atoms with Gasteiger partial charge in [0.2, 0.25) is 0 Å². The summed E-state index contributed by atoms with van der Waals surface area (Å²) in [7, 11) is 0. The second-order valence-electron chi connectivity index (χ2n) is 2.35. The molecule has 0 spiro atoms. The van der Waals surface area contributed by atoms with Crippen LogP contribution in [-0.2, 0) is 14.3 Å². The molecule has 1 rings (SSSR count). The zero-order chi connectivity index (χ0) is 9.14. The normalized spacial score (nSPS) is 14.4. The Morgan fingerprint density at radius 3 is 2.58 bits per heavy atom. The van der Waals surface area contributed by atoms with Crippen LogP contribution < -0.4 is 0 Å². The molecule has 0 aromatic carbocycles. The van der Waals surface area contributed by atoms with Crippen LogP contribution in [0.4, 0.5) is 0 Å². The van der Waals surface area contributed by atoms with E-state index < -0.39 is 11.9 Å². The van der Waals surface area contributed by atoms with Gasteiger partial charge in [0.05, 0.1) is 5.57 Å². The highest BCUT2D eigenvalue weighted by Gasteiger charge is 2.16. The molecule has 0 fully saturated rings. The largest absolute Gasteiger partial charge is 0.390 e. The summed E-state index contributed by atoms with van der Waals surface area (Å²) >= 11 is 0. The molecule has 0 saturated carbocycles. The molecular formula is C9H8O3. The van der Waals surface area contributed by atoms with Crippen molar-refractivity contribution in [3.05, 3.63) is 36.0 Å². The van der Waals surface area contributed by atoms with Crippen LogP contribution in [0.1, 0.15) is 6.92 Å². The highest BCUT2D eigenvalue weighted by atomic mass is 16.6. The lowest BCUT2D eigenvalue weighted by Gasteiger charge is -2.00. The lowest BCUT2D eigenvalue weighted by molar-refractivity contribution is -0.154. The molecule has 1 aliphatic carbocycles. The third kappa shape index (κ3) is 1.69. The van der Waals surface area contributed by atoms with Crippen molar-refractivity contribution in [1.82, 2.24) is 0 Å². The van der Waals surface area contributed by atoms with E-state index in [0.29, 0.717) is 11.1 Å². The molecule has 3 nitrogen and oxygen atoms in total. The Labute approximate surface area is 70.0 Å². The van der Waals surface area contributed by atoms with Crippen LogP contribution >= 0.6 is 0 Å². The van der Waals surface area contributed by atoms with Gasteiger partial charge >= 0.3 is 11.9 Å². The van der Waals surface area contributed by atoms with Crippen molar-refractivity contribution in [3.63, 3.8) is 0 Å². The smallest absolute Gasteiger partial charge is 0.346 e. The van der Waals surface area contributed by atoms with E-state index in [9.17, 15) is 9.59 Å². The standard InChI is InChI=1S/C9H8O3/c1-6-4-3-5-8(6)9(11)12-7(2)10/h3-5H,1H2,2H3. The summed E-state index contributed by atoms with van der Waals surface area (Å²) in [5, 5.41) is 0. The third-order valence-electron chi connectivity index (χ3n) is 1.36. The Morgan fingerprint density at radius 1 is 1.50 bits per heavy atom. The summed E-state index contributed by atoms with van der Waals surface area (Å²) < 4.78 is 4.36. The van der Waals surface area contributed by atoms with Gasteiger partial charge in [-0.15, -0.1) is 0 Å². The fourth-order valence-electron chi connectivity index (χ4n) is 0.842. The maximum atomic E-state index is 11.1. The molecule has 0 aliphatic heterocycles. The monoisotopic (exact) mass is 164 g/mol. The van der Waals surface area contributed by atoms with Gasteiger partial charge in [-0.1, -0.05) is 18.7 Å². The molecule has 0 amide bonds. The van der Waals surface area contributed by atoms with E-state index in [2.05, 4.69) is 11.3 Å². The lowest BCUT2D eigenvalue weighted by atomic mass is 10.2. The zero-order valence-electron chi connectivity index (χ0n) is 6.66. The first kappa shape index (κ1) is 8.46. The fourth-order valence-corrected chi connectivity index (χ4v) is 0.842. The van der Waals surface area contributed by atoms with E-state index >= 15 is 0 Å². The minimum Gasteiger partial charge on any atom is -0.390 e. The van der Waals surface area contributed by atoms with E-state index in [1.165, 1.54) is 6.92 Å². The Bertz CT molecular complexity index is 308. The van der Waals surface area contributed by atoms with Gasteiger partial charge in [0.25, 0.3) is 0 Å². The third-order valence-corrected chi connectivity index (χ3v) is 1.36. The quantitative estimate of drug-likeness (QED) is 0.431. The van der Waals surface area contributed by atoms with Crippen LogP contribution in [0.5, 0.6) is 0 Å². The van der Waals surface area contributed by atoms with Gasteiger partial charge in [-0.25, -0.2) is 4.79 Å². The number of allylic oxidation sites excluding steroid dienone is 3. The van der Waals surface area contributed by atoms with E-state index in [0.717, 1.165) is 0 Å². The predicted molar refractivity (Wildman–Crippen MR) is 43.1 cm³/mol. The summed E-state index contributed by atoms with van der Waals surface area (Å²) in [5.41, 5.74) is 0.909. The highest BCUT2D eigenvalue weighted by molar-refractivity contribution is 6.00. The molecule has 0 heterocycles. The molecule has 0 unspecified atom stereocenters. The van der Waals surface area contributed by atoms with Crippen LogP contribution in [-0.4, -0.2) is 11.9 Å². The number of esters is 2. The Morgan fingerprint density at radius 2 is 2.17 bits per heavy atom. The molecule has 0 atom stereocenters. The van der Waals surface area contributed by atoms with Crippen LogP contribution in [0, 0.1) is 0 Å². The molecule has 0 bridgehead atoms. The van der Waals surface area contributed by atoms with Gasteiger partial charge in [0, 0.05) is 6.92 Å². The second-order valence-corrected chi connectivity index (χ2v) is 2.35. The molecule has 0 aromatic heterocycles. The number of carbonyl (C=O) groups is 2. The molecule has 1 aliphatic rings. The fraction of sp³-hybridized carbons (Fsp3) is 0.111. The first-order valence-electron chi connectivity index (χ1n) is 3.41. The predicted octanol–water partition coefficient (Wildman–Crippen LogP) is 1.13. The average molecular weight is 164 g/mol. The summed E-state index contributed by atoms with van der Waals surface area (Å²) in [6.07, 6.45) is 4.92. The summed E-state index contributed by atoms with van der Waals surface area (Å²) in [6.45, 7) is 4.78. The van der Waals surface area contributed by atoms with Crippen LogP contribution in [0.15, 0.2) is 36.0 Å². The van der Waals surface area contributed by atoms with E-state index in [-0.39, 0.29) is 0 Å². The van der Waals surface area contributed by atoms with Crippen LogP contribution in [0.3, 0.4) is 0 Å². The Balaban J connectivity index is 2.67. The van der Waals surface area contributed by atoms with Gasteiger partial charge in [0.1, 0.15) is 0 Å². The molecule has 12 heavy (non-hydrogen) atoms. The van der Waals surface area contributed by atoms with Gasteiger partial charge in [0.15, 0.2) is 0 Å². The maximum absolute atomic E-state index is 11.1. The van der Waals surface area contributed by atoms with Crippen molar-refractivity contribution in [2.45, 2.75) is 6.92 Å². The van der Waals surface area contributed by atoms with Crippen molar-refractivity contribution in [3.8, 4) is 0 Å². The van der Waals surface area contributed by atoms with E-state index in [1.807, 2.05) is 0 Å². The zero-order valence-corrected chi connectivity index (χ0v) is 6.66. The molecule has 0 N–H and O–H groups in total. The number of rotatable bonds is 1. The van der Waals surface area contributed by atoms with Gasteiger partial charge in [-0.2, -0.15) is 0 Å². The lowest BCUT2D eigenvalue weighted by Crippen LogP contribution is -2.11. The average Bonchev–Trinajstić information content (AvgIpc) is 2.33. The highest BCUT2D eigenvalue weighted by Crippen LogP contribution is 2.17. The van der Waals surface area contributed by atoms with E-state index in [1.54, 1.807) is 18.2 Å². The molecule has 0 radical (unpaired) electrons. The van der Waals surface area contributed by atoms with Crippen molar-refractivity contribution in [1.29, 1.82) is 0 Å². The molecule has 0 saturated heterocycles.